The molecule has 5 rings (SSSR count). The van der Waals surface area contributed by atoms with Crippen molar-refractivity contribution < 1.29 is 19.3 Å². The van der Waals surface area contributed by atoms with Gasteiger partial charge in [-0.3, -0.25) is 4.57 Å². The first kappa shape index (κ1) is 18.2. The van der Waals surface area contributed by atoms with Crippen LogP contribution in [0.1, 0.15) is 52.2 Å². The van der Waals surface area contributed by atoms with Crippen LogP contribution in [0.5, 0.6) is 0 Å². The summed E-state index contributed by atoms with van der Waals surface area (Å²) in [7, 11) is 0. The SMILES string of the molecule is CC1(C)O[C@@H]2[C@H](O1)[C@H](CO)O[C@@H]2n1cnc2c(NC3CCCCC3)ncnc21. The van der Waals surface area contributed by atoms with Gasteiger partial charge in [-0.05, 0) is 26.7 Å². The molecule has 0 radical (unpaired) electrons. The van der Waals surface area contributed by atoms with Gasteiger partial charge in [0.2, 0.25) is 0 Å². The van der Waals surface area contributed by atoms with Crippen molar-refractivity contribution in [3.05, 3.63) is 12.7 Å². The molecule has 2 N–H and O–H groups in total. The van der Waals surface area contributed by atoms with Crippen molar-refractivity contribution in [2.75, 3.05) is 11.9 Å². The molecule has 0 amide bonds. The maximum atomic E-state index is 9.72. The maximum Gasteiger partial charge on any atom is 0.167 e. The van der Waals surface area contributed by atoms with Crippen LogP contribution in [0, 0.1) is 0 Å². The number of ether oxygens (including phenoxy) is 3. The van der Waals surface area contributed by atoms with E-state index in [1.54, 1.807) is 12.7 Å². The van der Waals surface area contributed by atoms with Crippen LogP contribution in [0.3, 0.4) is 0 Å². The topological polar surface area (TPSA) is 104 Å². The lowest BCUT2D eigenvalue weighted by molar-refractivity contribution is -0.199. The molecule has 1 saturated carbocycles. The molecule has 9 nitrogen and oxygen atoms in total. The lowest BCUT2D eigenvalue weighted by atomic mass is 9.95. The molecule has 4 heterocycles. The molecule has 0 bridgehead atoms. The highest BCUT2D eigenvalue weighted by Gasteiger charge is 2.56. The van der Waals surface area contributed by atoms with Crippen LogP contribution in [0.4, 0.5) is 5.82 Å². The molecule has 2 saturated heterocycles. The molecule has 0 aromatic carbocycles. The summed E-state index contributed by atoms with van der Waals surface area (Å²) in [4.78, 5) is 13.4. The average molecular weight is 389 g/mol. The quantitative estimate of drug-likeness (QED) is 0.818. The molecule has 3 fully saturated rings. The smallest absolute Gasteiger partial charge is 0.167 e. The molecule has 2 aromatic heterocycles. The van der Waals surface area contributed by atoms with Crippen molar-refractivity contribution in [3.8, 4) is 0 Å². The molecular formula is C19H27N5O4. The van der Waals surface area contributed by atoms with Gasteiger partial charge >= 0.3 is 0 Å². The fraction of sp³-hybridized carbons (Fsp3) is 0.737. The van der Waals surface area contributed by atoms with Crippen LogP contribution < -0.4 is 5.32 Å². The number of rotatable bonds is 4. The van der Waals surface area contributed by atoms with Crippen LogP contribution in [0.15, 0.2) is 12.7 Å². The van der Waals surface area contributed by atoms with Crippen LogP contribution in [-0.2, 0) is 14.2 Å². The minimum atomic E-state index is -0.718. The summed E-state index contributed by atoms with van der Waals surface area (Å²) in [6.45, 7) is 3.61. The summed E-state index contributed by atoms with van der Waals surface area (Å²) in [6.07, 6.45) is 7.78. The molecule has 4 atom stereocenters. The molecule has 152 valence electrons. The van der Waals surface area contributed by atoms with Crippen LogP contribution in [-0.4, -0.2) is 61.4 Å². The van der Waals surface area contributed by atoms with Crippen molar-refractivity contribution in [1.29, 1.82) is 0 Å². The Hall–Kier alpha value is -1.81. The van der Waals surface area contributed by atoms with E-state index in [1.165, 1.54) is 19.3 Å². The van der Waals surface area contributed by atoms with Crippen LogP contribution in [0.25, 0.3) is 11.2 Å². The molecule has 9 heteroatoms. The van der Waals surface area contributed by atoms with E-state index in [9.17, 15) is 5.11 Å². The lowest BCUT2D eigenvalue weighted by Crippen LogP contribution is -2.31. The van der Waals surface area contributed by atoms with E-state index < -0.39 is 18.1 Å². The second kappa shape index (κ2) is 6.91. The molecule has 2 aliphatic heterocycles. The van der Waals surface area contributed by atoms with Gasteiger partial charge in [0, 0.05) is 6.04 Å². The molecule has 3 aliphatic rings. The van der Waals surface area contributed by atoms with Crippen molar-refractivity contribution in [3.63, 3.8) is 0 Å². The maximum absolute atomic E-state index is 9.72. The third kappa shape index (κ3) is 3.06. The van der Waals surface area contributed by atoms with E-state index in [4.69, 9.17) is 14.2 Å². The molecule has 28 heavy (non-hydrogen) atoms. The number of hydrogen-bond donors (Lipinski definition) is 2. The molecular weight excluding hydrogens is 362 g/mol. The first-order valence-electron chi connectivity index (χ1n) is 10.1. The highest BCUT2D eigenvalue weighted by molar-refractivity contribution is 5.82. The van der Waals surface area contributed by atoms with Crippen LogP contribution >= 0.6 is 0 Å². The Bertz CT molecular complexity index is 850. The number of nitrogens with one attached hydrogen (secondary N) is 1. The molecule has 0 unspecified atom stereocenters. The largest absolute Gasteiger partial charge is 0.394 e. The van der Waals surface area contributed by atoms with Gasteiger partial charge in [0.15, 0.2) is 29.0 Å². The summed E-state index contributed by atoms with van der Waals surface area (Å²) in [5, 5.41) is 13.3. The zero-order chi connectivity index (χ0) is 19.3. The van der Waals surface area contributed by atoms with Gasteiger partial charge in [-0.15, -0.1) is 0 Å². The normalized spacial score (nSPS) is 32.7. The minimum absolute atomic E-state index is 0.132. The van der Waals surface area contributed by atoms with Gasteiger partial charge in [-0.1, -0.05) is 19.3 Å². The van der Waals surface area contributed by atoms with Crippen molar-refractivity contribution in [2.45, 2.75) is 82.3 Å². The zero-order valence-corrected chi connectivity index (χ0v) is 16.2. The fourth-order valence-corrected chi connectivity index (χ4v) is 4.61. The number of aliphatic hydroxyl groups is 1. The number of hydrogen-bond acceptors (Lipinski definition) is 8. The Balaban J connectivity index is 1.46. The van der Waals surface area contributed by atoms with Gasteiger partial charge in [-0.25, -0.2) is 15.0 Å². The monoisotopic (exact) mass is 389 g/mol. The zero-order valence-electron chi connectivity index (χ0n) is 16.2. The Morgan fingerprint density at radius 2 is 1.93 bits per heavy atom. The second-order valence-electron chi connectivity index (χ2n) is 8.34. The number of anilines is 1. The highest BCUT2D eigenvalue weighted by atomic mass is 16.8. The number of nitrogens with zero attached hydrogens (tertiary/aromatic N) is 4. The highest BCUT2D eigenvalue weighted by Crippen LogP contribution is 2.43. The van der Waals surface area contributed by atoms with Crippen LogP contribution in [0.2, 0.25) is 0 Å². The molecule has 1 aliphatic carbocycles. The van der Waals surface area contributed by atoms with Crippen molar-refractivity contribution in [1.82, 2.24) is 19.5 Å². The predicted molar refractivity (Wildman–Crippen MR) is 101 cm³/mol. The van der Waals surface area contributed by atoms with E-state index >= 15 is 0 Å². The minimum Gasteiger partial charge on any atom is -0.394 e. The fourth-order valence-electron chi connectivity index (χ4n) is 4.61. The number of fused-ring (bicyclic) bond motifs is 2. The van der Waals surface area contributed by atoms with E-state index in [2.05, 4.69) is 20.3 Å². The average Bonchev–Trinajstić information content (AvgIpc) is 3.33. The van der Waals surface area contributed by atoms with Crippen molar-refractivity contribution in [2.24, 2.45) is 0 Å². The van der Waals surface area contributed by atoms with E-state index in [1.807, 2.05) is 18.4 Å². The number of aromatic nitrogens is 4. The van der Waals surface area contributed by atoms with Gasteiger partial charge in [0.1, 0.15) is 24.6 Å². The van der Waals surface area contributed by atoms with Crippen molar-refractivity contribution >= 4 is 17.0 Å². The van der Waals surface area contributed by atoms with Gasteiger partial charge in [-0.2, -0.15) is 0 Å². The van der Waals surface area contributed by atoms with E-state index in [0.29, 0.717) is 11.7 Å². The third-order valence-electron chi connectivity index (χ3n) is 5.88. The number of imidazole rings is 1. The Morgan fingerprint density at radius 1 is 1.14 bits per heavy atom. The Kier molecular flexibility index (Phi) is 4.50. The Morgan fingerprint density at radius 3 is 2.71 bits per heavy atom. The lowest BCUT2D eigenvalue weighted by Gasteiger charge is -2.24. The first-order chi connectivity index (χ1) is 13.6. The summed E-state index contributed by atoms with van der Waals surface area (Å²) < 4.78 is 19.9. The first-order valence-corrected chi connectivity index (χ1v) is 10.1. The summed E-state index contributed by atoms with van der Waals surface area (Å²) in [5.41, 5.74) is 1.41. The number of aliphatic hydroxyl groups excluding tert-OH is 1. The predicted octanol–water partition coefficient (Wildman–Crippen LogP) is 1.98. The second-order valence-corrected chi connectivity index (χ2v) is 8.34. The molecule has 2 aromatic rings. The van der Waals surface area contributed by atoms with E-state index in [-0.39, 0.29) is 18.8 Å². The summed E-state index contributed by atoms with van der Waals surface area (Å²) >= 11 is 0. The van der Waals surface area contributed by atoms with Gasteiger partial charge in [0.05, 0.1) is 12.9 Å². The third-order valence-corrected chi connectivity index (χ3v) is 5.88. The summed E-state index contributed by atoms with van der Waals surface area (Å²) in [6, 6.07) is 0.426. The summed E-state index contributed by atoms with van der Waals surface area (Å²) in [5.74, 6) is 0.0388. The standard InChI is InChI=1S/C19H27N5O4/c1-19(2)27-14-12(8-25)26-18(15(14)28-19)24-10-22-13-16(20-9-21-17(13)24)23-11-6-4-3-5-7-11/h9-12,14-15,18,25H,3-8H2,1-2H3,(H,20,21,23)/t12-,14+,15+,18-/m0/s1. The van der Waals surface area contributed by atoms with Gasteiger partial charge in [0.25, 0.3) is 0 Å². The molecule has 0 spiro atoms. The van der Waals surface area contributed by atoms with Gasteiger partial charge < -0.3 is 24.6 Å². The van der Waals surface area contributed by atoms with E-state index in [0.717, 1.165) is 24.2 Å². The Labute approximate surface area is 163 Å².